The Labute approximate surface area is 257 Å². The van der Waals surface area contributed by atoms with Crippen molar-refractivity contribution >= 4 is 50.4 Å². The van der Waals surface area contributed by atoms with Crippen molar-refractivity contribution in [2.45, 2.75) is 37.0 Å². The molecular formula is C31H29N5O8S. The number of amides is 3. The molecule has 14 heteroatoms. The van der Waals surface area contributed by atoms with Crippen molar-refractivity contribution in [2.75, 3.05) is 18.8 Å². The van der Waals surface area contributed by atoms with E-state index in [1.807, 2.05) is 0 Å². The van der Waals surface area contributed by atoms with Crippen molar-refractivity contribution in [1.29, 1.82) is 5.41 Å². The van der Waals surface area contributed by atoms with Gasteiger partial charge in [-0.1, -0.05) is 6.07 Å². The number of carbonyl (C=O) groups is 4. The number of hydrogen-bond acceptors (Lipinski definition) is 10. The molecule has 13 nitrogen and oxygen atoms in total. The molecule has 0 atom stereocenters. The third-order valence-electron chi connectivity index (χ3n) is 8.13. The standard InChI is InChI=1S/C31H29N5O8S/c32-19-2-5-22-25(14-19)43-26-15-20(33)3-6-23(26)30(22)24-16-21(45(34,41)42)4-1-18(24)13-29(39)35-11-9-17(10-12-35)31(40)44-36-27(37)7-8-28(36)38/h1-6,14-17,32H,7-13,33H2,(H2,34,41,42). The van der Waals surface area contributed by atoms with Crippen LogP contribution >= 0.6 is 0 Å². The Balaban J connectivity index is 1.31. The molecule has 2 fully saturated rings. The number of benzene rings is 3. The quantitative estimate of drug-likeness (QED) is 0.162. The van der Waals surface area contributed by atoms with E-state index >= 15 is 0 Å². The highest BCUT2D eigenvalue weighted by Gasteiger charge is 2.36. The summed E-state index contributed by atoms with van der Waals surface area (Å²) < 4.78 is 30.9. The number of hydroxylamine groups is 2. The van der Waals surface area contributed by atoms with E-state index in [9.17, 15) is 27.6 Å². The number of nitrogens with two attached hydrogens (primary N) is 2. The second-order valence-electron chi connectivity index (χ2n) is 11.1. The molecule has 3 aliphatic heterocycles. The maximum absolute atomic E-state index is 13.6. The van der Waals surface area contributed by atoms with Crippen LogP contribution in [0.3, 0.4) is 0 Å². The summed E-state index contributed by atoms with van der Waals surface area (Å²) in [5.74, 6) is -2.25. The predicted molar refractivity (Wildman–Crippen MR) is 160 cm³/mol. The second-order valence-corrected chi connectivity index (χ2v) is 12.7. The summed E-state index contributed by atoms with van der Waals surface area (Å²) in [4.78, 5) is 56.4. The van der Waals surface area contributed by atoms with Gasteiger partial charge >= 0.3 is 5.97 Å². The molecule has 0 radical (unpaired) electrons. The molecule has 45 heavy (non-hydrogen) atoms. The Hall–Kier alpha value is -5.08. The number of piperidine rings is 1. The molecule has 2 saturated heterocycles. The van der Waals surface area contributed by atoms with E-state index in [0.29, 0.717) is 49.7 Å². The lowest BCUT2D eigenvalue weighted by Gasteiger charge is -2.31. The topological polar surface area (TPSA) is 207 Å². The molecule has 0 unspecified atom stereocenters. The molecule has 0 aromatic heterocycles. The van der Waals surface area contributed by atoms with Crippen molar-refractivity contribution in [3.8, 4) is 22.5 Å². The predicted octanol–water partition coefficient (Wildman–Crippen LogP) is 2.30. The van der Waals surface area contributed by atoms with Crippen LogP contribution in [0.15, 0.2) is 63.9 Å². The molecule has 0 spiro atoms. The zero-order valence-electron chi connectivity index (χ0n) is 23.9. The summed E-state index contributed by atoms with van der Waals surface area (Å²) in [5.41, 5.74) is 9.04. The lowest BCUT2D eigenvalue weighted by atomic mass is 9.89. The lowest BCUT2D eigenvalue weighted by Crippen LogP contribution is -2.43. The van der Waals surface area contributed by atoms with Gasteiger partial charge in [0.05, 0.1) is 22.6 Å². The maximum atomic E-state index is 13.6. The van der Waals surface area contributed by atoms with Crippen LogP contribution in [-0.2, 0) is 40.5 Å². The van der Waals surface area contributed by atoms with Gasteiger partial charge in [0, 0.05) is 60.3 Å². The Morgan fingerprint density at radius 1 is 0.956 bits per heavy atom. The van der Waals surface area contributed by atoms with Crippen molar-refractivity contribution in [1.82, 2.24) is 9.96 Å². The zero-order chi connectivity index (χ0) is 32.0. The Morgan fingerprint density at radius 2 is 1.67 bits per heavy atom. The molecule has 6 rings (SSSR count). The normalized spacial score (nSPS) is 16.1. The molecule has 1 aliphatic carbocycles. The molecular weight excluding hydrogens is 602 g/mol. The van der Waals surface area contributed by atoms with E-state index in [1.54, 1.807) is 47.4 Å². The number of sulfonamides is 1. The minimum Gasteiger partial charge on any atom is -0.456 e. The number of nitrogens with zero attached hydrogens (tertiary/aromatic N) is 2. The first-order valence-corrected chi connectivity index (χ1v) is 15.8. The van der Waals surface area contributed by atoms with Gasteiger partial charge in [-0.3, -0.25) is 14.4 Å². The van der Waals surface area contributed by atoms with Crippen LogP contribution in [0.5, 0.6) is 0 Å². The summed E-state index contributed by atoms with van der Waals surface area (Å²) in [6, 6.07) is 14.2. The maximum Gasteiger partial charge on any atom is 0.336 e. The molecule has 0 saturated carbocycles. The monoisotopic (exact) mass is 631 g/mol. The van der Waals surface area contributed by atoms with E-state index in [4.69, 9.17) is 25.5 Å². The fraction of sp³-hybridized carbons (Fsp3) is 0.258. The van der Waals surface area contributed by atoms with Gasteiger partial charge in [-0.15, -0.1) is 5.06 Å². The van der Waals surface area contributed by atoms with Gasteiger partial charge in [0.15, 0.2) is 0 Å². The number of carbonyl (C=O) groups excluding carboxylic acids is 4. The zero-order valence-corrected chi connectivity index (χ0v) is 24.8. The van der Waals surface area contributed by atoms with Crippen LogP contribution < -0.4 is 16.2 Å². The van der Waals surface area contributed by atoms with Crippen LogP contribution in [0.4, 0.5) is 5.69 Å². The van der Waals surface area contributed by atoms with Gasteiger partial charge in [-0.25, -0.2) is 18.4 Å². The van der Waals surface area contributed by atoms with Crippen LogP contribution in [0, 0.1) is 11.3 Å². The van der Waals surface area contributed by atoms with Gasteiger partial charge < -0.3 is 25.3 Å². The fourth-order valence-corrected chi connectivity index (χ4v) is 6.32. The number of likely N-dealkylation sites (tertiary alicyclic amines) is 1. The van der Waals surface area contributed by atoms with E-state index in [1.165, 1.54) is 12.1 Å². The van der Waals surface area contributed by atoms with Gasteiger partial charge in [-0.05, 0) is 60.4 Å². The van der Waals surface area contributed by atoms with E-state index in [-0.39, 0.29) is 61.4 Å². The average Bonchev–Trinajstić information content (AvgIpc) is 3.31. The number of imide groups is 1. The Kier molecular flexibility index (Phi) is 7.62. The second kappa shape index (κ2) is 11.4. The molecule has 2 aromatic rings. The molecule has 232 valence electrons. The largest absolute Gasteiger partial charge is 0.456 e. The highest BCUT2D eigenvalue weighted by molar-refractivity contribution is 7.89. The molecule has 3 heterocycles. The number of primary sulfonamides is 1. The van der Waals surface area contributed by atoms with Crippen LogP contribution in [-0.4, -0.2) is 55.2 Å². The average molecular weight is 632 g/mol. The van der Waals surface area contributed by atoms with Crippen molar-refractivity contribution in [2.24, 2.45) is 11.1 Å². The number of nitrogens with one attached hydrogen (secondary N) is 1. The number of fused-ring (bicyclic) bond motifs is 2. The third-order valence-corrected chi connectivity index (χ3v) is 9.05. The number of nitrogen functional groups attached to an aromatic ring is 1. The minimum atomic E-state index is -4.11. The van der Waals surface area contributed by atoms with Gasteiger partial charge in [0.2, 0.25) is 15.9 Å². The van der Waals surface area contributed by atoms with E-state index in [2.05, 4.69) is 0 Å². The third kappa shape index (κ3) is 5.89. The van der Waals surface area contributed by atoms with Crippen molar-refractivity contribution < 1.29 is 36.9 Å². The fourth-order valence-electron chi connectivity index (χ4n) is 5.78. The van der Waals surface area contributed by atoms with Crippen LogP contribution in [0.2, 0.25) is 0 Å². The lowest BCUT2D eigenvalue weighted by molar-refractivity contribution is -0.201. The highest BCUT2D eigenvalue weighted by Crippen LogP contribution is 2.42. The van der Waals surface area contributed by atoms with E-state index < -0.39 is 33.7 Å². The molecule has 0 bridgehead atoms. The van der Waals surface area contributed by atoms with E-state index in [0.717, 1.165) is 0 Å². The molecule has 4 aliphatic rings. The summed E-state index contributed by atoms with van der Waals surface area (Å²) in [7, 11) is -4.11. The number of anilines is 1. The Bertz CT molecular complexity index is 2020. The van der Waals surface area contributed by atoms with Crippen molar-refractivity contribution in [3.63, 3.8) is 0 Å². The smallest absolute Gasteiger partial charge is 0.336 e. The van der Waals surface area contributed by atoms with Crippen LogP contribution in [0.1, 0.15) is 31.2 Å². The summed E-state index contributed by atoms with van der Waals surface area (Å²) >= 11 is 0. The highest BCUT2D eigenvalue weighted by atomic mass is 32.2. The van der Waals surface area contributed by atoms with Crippen LogP contribution in [0.25, 0.3) is 33.4 Å². The molecule has 2 aromatic carbocycles. The van der Waals surface area contributed by atoms with Gasteiger partial charge in [0.1, 0.15) is 11.3 Å². The summed E-state index contributed by atoms with van der Waals surface area (Å²) in [5, 5.41) is 14.9. The minimum absolute atomic E-state index is 0.00188. The first-order chi connectivity index (χ1) is 21.4. The summed E-state index contributed by atoms with van der Waals surface area (Å²) in [6.45, 7) is 0.486. The Morgan fingerprint density at radius 3 is 2.36 bits per heavy atom. The number of rotatable bonds is 6. The summed E-state index contributed by atoms with van der Waals surface area (Å²) in [6.07, 6.45) is 0.477. The first-order valence-electron chi connectivity index (χ1n) is 14.2. The van der Waals surface area contributed by atoms with Gasteiger partial charge in [-0.2, -0.15) is 0 Å². The SMILES string of the molecule is N=c1ccc2c(-c3cc(S(N)(=O)=O)ccc3CC(=O)N3CCC(C(=O)ON4C(=O)CCC4=O)CC3)c3ccc(N)cc3oc-2c1. The number of hydrogen-bond donors (Lipinski definition) is 3. The van der Waals surface area contributed by atoms with Gasteiger partial charge in [0.25, 0.3) is 11.8 Å². The molecule has 5 N–H and O–H groups in total. The van der Waals surface area contributed by atoms with Crippen molar-refractivity contribution in [3.05, 3.63) is 65.5 Å². The first kappa shape index (κ1) is 30.0. The molecule has 3 amide bonds.